The van der Waals surface area contributed by atoms with Gasteiger partial charge < -0.3 is 10.1 Å². The Morgan fingerprint density at radius 2 is 2.18 bits per heavy atom. The van der Waals surface area contributed by atoms with Gasteiger partial charge in [0.25, 0.3) is 0 Å². The van der Waals surface area contributed by atoms with E-state index in [0.29, 0.717) is 0 Å². The first-order valence-corrected chi connectivity index (χ1v) is 7.56. The summed E-state index contributed by atoms with van der Waals surface area (Å²) in [5.74, 6) is 0.961. The molecule has 1 aromatic rings. The lowest BCUT2D eigenvalue weighted by Crippen LogP contribution is -2.13. The molecule has 2 rings (SSSR count). The maximum atomic E-state index is 5.73. The van der Waals surface area contributed by atoms with Crippen molar-refractivity contribution in [1.82, 2.24) is 5.32 Å². The van der Waals surface area contributed by atoms with Crippen molar-refractivity contribution in [3.8, 4) is 0 Å². The first kappa shape index (κ1) is 13.1. The van der Waals surface area contributed by atoms with Crippen molar-refractivity contribution in [2.75, 3.05) is 13.2 Å². The highest BCUT2D eigenvalue weighted by Gasteiger charge is 2.16. The van der Waals surface area contributed by atoms with Crippen LogP contribution in [0.25, 0.3) is 0 Å². The van der Waals surface area contributed by atoms with Crippen LogP contribution in [0.5, 0.6) is 0 Å². The fourth-order valence-corrected chi connectivity index (χ4v) is 2.97. The SMILES string of the molecule is CCNCc1ccc(COCCC2CCC2)s1. The predicted octanol–water partition coefficient (Wildman–Crippen LogP) is 3.56. The van der Waals surface area contributed by atoms with Crippen molar-refractivity contribution in [1.29, 1.82) is 0 Å². The summed E-state index contributed by atoms with van der Waals surface area (Å²) in [6.45, 7) is 5.89. The van der Waals surface area contributed by atoms with Gasteiger partial charge in [0.2, 0.25) is 0 Å². The minimum atomic E-state index is 0.795. The summed E-state index contributed by atoms with van der Waals surface area (Å²) in [5, 5.41) is 3.34. The van der Waals surface area contributed by atoms with E-state index >= 15 is 0 Å². The van der Waals surface area contributed by atoms with Crippen molar-refractivity contribution in [3.05, 3.63) is 21.9 Å². The molecule has 0 unspecified atom stereocenters. The molecule has 2 nitrogen and oxygen atoms in total. The van der Waals surface area contributed by atoms with E-state index in [1.54, 1.807) is 0 Å². The van der Waals surface area contributed by atoms with E-state index in [2.05, 4.69) is 24.4 Å². The summed E-state index contributed by atoms with van der Waals surface area (Å²) in [4.78, 5) is 2.76. The number of hydrogen-bond acceptors (Lipinski definition) is 3. The van der Waals surface area contributed by atoms with E-state index in [4.69, 9.17) is 4.74 Å². The van der Waals surface area contributed by atoms with Crippen LogP contribution < -0.4 is 5.32 Å². The molecule has 0 aromatic carbocycles. The molecule has 1 aromatic heterocycles. The van der Waals surface area contributed by atoms with E-state index in [9.17, 15) is 0 Å². The summed E-state index contributed by atoms with van der Waals surface area (Å²) in [5.41, 5.74) is 0. The van der Waals surface area contributed by atoms with Gasteiger partial charge >= 0.3 is 0 Å². The molecule has 17 heavy (non-hydrogen) atoms. The summed E-state index contributed by atoms with van der Waals surface area (Å²) in [6.07, 6.45) is 5.55. The standard InChI is InChI=1S/C14H23NOS/c1-2-15-10-13-6-7-14(17-13)11-16-9-8-12-4-3-5-12/h6-7,12,15H,2-5,8-11H2,1H3. The molecule has 0 saturated heterocycles. The molecule has 1 aliphatic carbocycles. The topological polar surface area (TPSA) is 21.3 Å². The molecule has 1 N–H and O–H groups in total. The molecule has 1 saturated carbocycles. The molecular weight excluding hydrogens is 230 g/mol. The molecule has 1 heterocycles. The van der Waals surface area contributed by atoms with Crippen LogP contribution in [-0.2, 0) is 17.9 Å². The van der Waals surface area contributed by atoms with E-state index in [-0.39, 0.29) is 0 Å². The third-order valence-corrected chi connectivity index (χ3v) is 4.46. The van der Waals surface area contributed by atoms with Gasteiger partial charge in [0.1, 0.15) is 0 Å². The highest BCUT2D eigenvalue weighted by molar-refractivity contribution is 7.11. The maximum absolute atomic E-state index is 5.73. The number of nitrogens with one attached hydrogen (secondary N) is 1. The summed E-state index contributed by atoms with van der Waals surface area (Å²) >= 11 is 1.86. The third-order valence-electron chi connectivity index (χ3n) is 3.41. The Kier molecular flexibility index (Phi) is 5.49. The Labute approximate surface area is 108 Å². The van der Waals surface area contributed by atoms with Crippen LogP contribution in [0, 0.1) is 5.92 Å². The first-order valence-electron chi connectivity index (χ1n) is 6.74. The van der Waals surface area contributed by atoms with Crippen molar-refractivity contribution < 1.29 is 4.74 Å². The number of ether oxygens (including phenoxy) is 1. The molecule has 0 aliphatic heterocycles. The lowest BCUT2D eigenvalue weighted by molar-refractivity contribution is 0.0966. The quantitative estimate of drug-likeness (QED) is 0.715. The lowest BCUT2D eigenvalue weighted by Gasteiger charge is -2.24. The van der Waals surface area contributed by atoms with Gasteiger partial charge in [-0.05, 0) is 31.0 Å². The van der Waals surface area contributed by atoms with Gasteiger partial charge in [-0.25, -0.2) is 0 Å². The zero-order chi connectivity index (χ0) is 11.9. The summed E-state index contributed by atoms with van der Waals surface area (Å²) in [7, 11) is 0. The lowest BCUT2D eigenvalue weighted by atomic mass is 9.83. The van der Waals surface area contributed by atoms with Gasteiger partial charge in [-0.2, -0.15) is 0 Å². The van der Waals surface area contributed by atoms with Gasteiger partial charge in [-0.15, -0.1) is 11.3 Å². The van der Waals surface area contributed by atoms with Gasteiger partial charge in [0.15, 0.2) is 0 Å². The van der Waals surface area contributed by atoms with Crippen molar-refractivity contribution in [2.45, 2.75) is 45.8 Å². The molecule has 96 valence electrons. The second-order valence-corrected chi connectivity index (χ2v) is 6.04. The van der Waals surface area contributed by atoms with Crippen LogP contribution in [0.4, 0.5) is 0 Å². The zero-order valence-corrected chi connectivity index (χ0v) is 11.5. The molecule has 3 heteroatoms. The summed E-state index contributed by atoms with van der Waals surface area (Å²) < 4.78 is 5.73. The third kappa shape index (κ3) is 4.41. The molecule has 0 spiro atoms. The van der Waals surface area contributed by atoms with E-state index < -0.39 is 0 Å². The number of rotatable bonds is 8. The highest BCUT2D eigenvalue weighted by atomic mass is 32.1. The Bertz CT molecular complexity index is 320. The van der Waals surface area contributed by atoms with Crippen LogP contribution in [-0.4, -0.2) is 13.2 Å². The van der Waals surface area contributed by atoms with Gasteiger partial charge in [-0.3, -0.25) is 0 Å². The van der Waals surface area contributed by atoms with Gasteiger partial charge in [0, 0.05) is 22.9 Å². The van der Waals surface area contributed by atoms with Crippen LogP contribution in [0.15, 0.2) is 12.1 Å². The van der Waals surface area contributed by atoms with Crippen molar-refractivity contribution >= 4 is 11.3 Å². The van der Waals surface area contributed by atoms with Crippen LogP contribution in [0.1, 0.15) is 42.4 Å². The van der Waals surface area contributed by atoms with Crippen molar-refractivity contribution in [2.24, 2.45) is 5.92 Å². The fraction of sp³-hybridized carbons (Fsp3) is 0.714. The Hall–Kier alpha value is -0.380. The van der Waals surface area contributed by atoms with E-state index in [1.807, 2.05) is 11.3 Å². The smallest absolute Gasteiger partial charge is 0.0809 e. The van der Waals surface area contributed by atoms with E-state index in [0.717, 1.165) is 32.2 Å². The second-order valence-electron chi connectivity index (χ2n) is 4.79. The molecule has 0 amide bonds. The van der Waals surface area contributed by atoms with Crippen LogP contribution >= 0.6 is 11.3 Å². The van der Waals surface area contributed by atoms with Gasteiger partial charge in [0.05, 0.1) is 6.61 Å². The average Bonchev–Trinajstić information content (AvgIpc) is 2.71. The Morgan fingerprint density at radius 1 is 1.35 bits per heavy atom. The molecule has 0 radical (unpaired) electrons. The first-order chi connectivity index (χ1) is 8.38. The molecule has 1 fully saturated rings. The van der Waals surface area contributed by atoms with E-state index in [1.165, 1.54) is 35.4 Å². The van der Waals surface area contributed by atoms with Crippen LogP contribution in [0.2, 0.25) is 0 Å². The number of thiophene rings is 1. The molecule has 1 aliphatic rings. The van der Waals surface area contributed by atoms with Crippen LogP contribution in [0.3, 0.4) is 0 Å². The van der Waals surface area contributed by atoms with Gasteiger partial charge in [-0.1, -0.05) is 26.2 Å². The minimum absolute atomic E-state index is 0.795. The second kappa shape index (κ2) is 7.14. The molecule has 0 bridgehead atoms. The molecular formula is C14H23NOS. The largest absolute Gasteiger partial charge is 0.376 e. The van der Waals surface area contributed by atoms with Crippen molar-refractivity contribution in [3.63, 3.8) is 0 Å². The predicted molar refractivity (Wildman–Crippen MR) is 73.3 cm³/mol. The minimum Gasteiger partial charge on any atom is -0.376 e. The fourth-order valence-electron chi connectivity index (χ4n) is 2.05. The Balaban J connectivity index is 1.59. The average molecular weight is 253 g/mol. The normalized spacial score (nSPS) is 16.1. The number of hydrogen-bond donors (Lipinski definition) is 1. The maximum Gasteiger partial charge on any atom is 0.0809 e. The highest BCUT2D eigenvalue weighted by Crippen LogP contribution is 2.29. The zero-order valence-electron chi connectivity index (χ0n) is 10.7. The summed E-state index contributed by atoms with van der Waals surface area (Å²) in [6, 6.07) is 4.40. The molecule has 0 atom stereocenters. The Morgan fingerprint density at radius 3 is 2.88 bits per heavy atom. The monoisotopic (exact) mass is 253 g/mol.